The molecule has 3 rings (SSSR count). The summed E-state index contributed by atoms with van der Waals surface area (Å²) in [7, 11) is 0. The average molecular weight is 365 g/mol. The molecule has 0 spiro atoms. The van der Waals surface area contributed by atoms with E-state index in [0.29, 0.717) is 11.5 Å². The number of rotatable bonds is 3. The van der Waals surface area contributed by atoms with Gasteiger partial charge in [-0.15, -0.1) is 10.2 Å². The van der Waals surface area contributed by atoms with Crippen LogP contribution in [0.1, 0.15) is 22.6 Å². The molecule has 0 bridgehead atoms. The zero-order valence-electron chi connectivity index (χ0n) is 13.0. The zero-order chi connectivity index (χ0) is 18.0. The molecule has 0 amide bonds. The van der Waals surface area contributed by atoms with Gasteiger partial charge in [0.25, 0.3) is 5.89 Å². The van der Waals surface area contributed by atoms with Gasteiger partial charge in [0.2, 0.25) is 5.89 Å². The molecule has 3 nitrogen and oxygen atoms in total. The molecule has 25 heavy (non-hydrogen) atoms. The van der Waals surface area contributed by atoms with Crippen LogP contribution >= 0.6 is 11.6 Å². The number of hydrogen-bond donors (Lipinski definition) is 0. The molecule has 0 radical (unpaired) electrons. The van der Waals surface area contributed by atoms with Crippen molar-refractivity contribution in [1.29, 1.82) is 0 Å². The highest BCUT2D eigenvalue weighted by atomic mass is 35.5. The number of nitrogens with zero attached hydrogens (tertiary/aromatic N) is 2. The second kappa shape index (κ2) is 6.72. The van der Waals surface area contributed by atoms with E-state index in [1.54, 1.807) is 0 Å². The Labute approximate surface area is 146 Å². The molecule has 0 unspecified atom stereocenters. The predicted molar refractivity (Wildman–Crippen MR) is 89.6 cm³/mol. The van der Waals surface area contributed by atoms with Crippen molar-refractivity contribution in [1.82, 2.24) is 10.2 Å². The van der Waals surface area contributed by atoms with Crippen LogP contribution in [-0.2, 0) is 6.18 Å². The summed E-state index contributed by atoms with van der Waals surface area (Å²) in [6, 6.07) is 12.2. The van der Waals surface area contributed by atoms with Crippen LogP contribution in [0.15, 0.2) is 52.9 Å². The number of alkyl halides is 3. The van der Waals surface area contributed by atoms with E-state index >= 15 is 0 Å². The van der Waals surface area contributed by atoms with Crippen LogP contribution in [0.4, 0.5) is 13.2 Å². The number of hydrogen-bond acceptors (Lipinski definition) is 3. The highest BCUT2D eigenvalue weighted by Crippen LogP contribution is 2.30. The van der Waals surface area contributed by atoms with Gasteiger partial charge in [0.1, 0.15) is 5.03 Å². The third kappa shape index (κ3) is 4.09. The molecule has 1 heterocycles. The molecule has 0 fully saturated rings. The van der Waals surface area contributed by atoms with Crippen LogP contribution in [0.5, 0.6) is 0 Å². The minimum absolute atomic E-state index is 0.0954. The van der Waals surface area contributed by atoms with E-state index in [1.165, 1.54) is 18.2 Å². The summed E-state index contributed by atoms with van der Waals surface area (Å²) in [6.07, 6.45) is -2.91. The fraction of sp³-hybridized carbons (Fsp3) is 0.111. The maximum Gasteiger partial charge on any atom is 0.416 e. The molecule has 128 valence electrons. The standard InChI is InChI=1S/C18H12ClF3N2O/c1-11-3-2-4-13(9-11)16-23-24-17(25-16)15(19)10-12-5-7-14(8-6-12)18(20,21)22/h2-10H,1H3/b15-10-. The molecule has 0 atom stereocenters. The molecule has 3 aromatic rings. The number of aromatic nitrogens is 2. The molecule has 0 N–H and O–H groups in total. The lowest BCUT2D eigenvalue weighted by atomic mass is 10.1. The fourth-order valence-electron chi connectivity index (χ4n) is 2.19. The molecular weight excluding hydrogens is 353 g/mol. The molecule has 0 saturated carbocycles. The zero-order valence-corrected chi connectivity index (χ0v) is 13.8. The summed E-state index contributed by atoms with van der Waals surface area (Å²) in [5.41, 5.74) is 1.58. The Morgan fingerprint density at radius 2 is 1.80 bits per heavy atom. The van der Waals surface area contributed by atoms with Crippen LogP contribution in [0.25, 0.3) is 22.6 Å². The molecule has 7 heteroatoms. The summed E-state index contributed by atoms with van der Waals surface area (Å²) in [5.74, 6) is 0.413. The maximum atomic E-state index is 12.6. The lowest BCUT2D eigenvalue weighted by Gasteiger charge is -2.06. The van der Waals surface area contributed by atoms with E-state index in [0.717, 1.165) is 23.3 Å². The van der Waals surface area contributed by atoms with Gasteiger partial charge in [0.05, 0.1) is 5.56 Å². The Hall–Kier alpha value is -2.60. The third-order valence-corrected chi connectivity index (χ3v) is 3.70. The van der Waals surface area contributed by atoms with E-state index in [-0.39, 0.29) is 10.9 Å². The highest BCUT2D eigenvalue weighted by molar-refractivity contribution is 6.50. The Morgan fingerprint density at radius 1 is 1.08 bits per heavy atom. The van der Waals surface area contributed by atoms with Gasteiger partial charge < -0.3 is 4.42 Å². The molecule has 1 aromatic heterocycles. The Kier molecular flexibility index (Phi) is 4.63. The van der Waals surface area contributed by atoms with Crippen LogP contribution in [-0.4, -0.2) is 10.2 Å². The lowest BCUT2D eigenvalue weighted by Crippen LogP contribution is -2.03. The van der Waals surface area contributed by atoms with Crippen LogP contribution in [0.2, 0.25) is 0 Å². The normalized spacial score (nSPS) is 12.4. The van der Waals surface area contributed by atoms with Crippen molar-refractivity contribution >= 4 is 22.7 Å². The van der Waals surface area contributed by atoms with E-state index in [2.05, 4.69) is 10.2 Å². The molecular formula is C18H12ClF3N2O. The van der Waals surface area contributed by atoms with Crippen molar-refractivity contribution < 1.29 is 17.6 Å². The van der Waals surface area contributed by atoms with Gasteiger partial charge in [-0.3, -0.25) is 0 Å². The van der Waals surface area contributed by atoms with Gasteiger partial charge in [-0.05, 0) is 42.8 Å². The van der Waals surface area contributed by atoms with E-state index in [1.807, 2.05) is 31.2 Å². The van der Waals surface area contributed by atoms with Crippen molar-refractivity contribution in [3.63, 3.8) is 0 Å². The van der Waals surface area contributed by atoms with Crippen molar-refractivity contribution in [2.45, 2.75) is 13.1 Å². The first-order chi connectivity index (χ1) is 11.8. The molecule has 0 aliphatic rings. The number of benzene rings is 2. The molecule has 2 aromatic carbocycles. The summed E-state index contributed by atoms with van der Waals surface area (Å²) in [5, 5.41) is 7.97. The summed E-state index contributed by atoms with van der Waals surface area (Å²) in [6.45, 7) is 1.94. The Bertz CT molecular complexity index is 915. The van der Waals surface area contributed by atoms with Gasteiger partial charge in [0, 0.05) is 5.56 Å². The minimum Gasteiger partial charge on any atom is -0.415 e. The van der Waals surface area contributed by atoms with Gasteiger partial charge >= 0.3 is 6.18 Å². The summed E-state index contributed by atoms with van der Waals surface area (Å²) < 4.78 is 43.2. The van der Waals surface area contributed by atoms with Gasteiger partial charge in [-0.1, -0.05) is 41.4 Å². The van der Waals surface area contributed by atoms with Gasteiger partial charge in [-0.25, -0.2) is 0 Å². The summed E-state index contributed by atoms with van der Waals surface area (Å²) in [4.78, 5) is 0. The monoisotopic (exact) mass is 364 g/mol. The third-order valence-electron chi connectivity index (χ3n) is 3.43. The molecule has 0 aliphatic heterocycles. The van der Waals surface area contributed by atoms with E-state index < -0.39 is 11.7 Å². The minimum atomic E-state index is -4.37. The topological polar surface area (TPSA) is 38.9 Å². The SMILES string of the molecule is Cc1cccc(-c2nnc(/C(Cl)=C/c3ccc(C(F)(F)F)cc3)o2)c1. The van der Waals surface area contributed by atoms with Crippen LogP contribution < -0.4 is 0 Å². The number of aryl methyl sites for hydroxylation is 1. The van der Waals surface area contributed by atoms with E-state index in [4.69, 9.17) is 16.0 Å². The molecule has 0 saturated heterocycles. The first kappa shape index (κ1) is 17.2. The quantitative estimate of drug-likeness (QED) is 0.589. The maximum absolute atomic E-state index is 12.6. The second-order valence-corrected chi connectivity index (χ2v) is 5.80. The first-order valence-corrected chi connectivity index (χ1v) is 7.66. The Morgan fingerprint density at radius 3 is 2.44 bits per heavy atom. The largest absolute Gasteiger partial charge is 0.416 e. The average Bonchev–Trinajstić information content (AvgIpc) is 3.05. The van der Waals surface area contributed by atoms with Crippen molar-refractivity contribution in [2.24, 2.45) is 0 Å². The first-order valence-electron chi connectivity index (χ1n) is 7.28. The van der Waals surface area contributed by atoms with Crippen molar-refractivity contribution in [3.8, 4) is 11.5 Å². The van der Waals surface area contributed by atoms with Crippen molar-refractivity contribution in [2.75, 3.05) is 0 Å². The highest BCUT2D eigenvalue weighted by Gasteiger charge is 2.29. The van der Waals surface area contributed by atoms with Gasteiger partial charge in [-0.2, -0.15) is 13.2 Å². The smallest absolute Gasteiger partial charge is 0.415 e. The van der Waals surface area contributed by atoms with Gasteiger partial charge in [0.15, 0.2) is 0 Å². The Balaban J connectivity index is 1.83. The van der Waals surface area contributed by atoms with Crippen molar-refractivity contribution in [3.05, 3.63) is 71.1 Å². The van der Waals surface area contributed by atoms with Crippen LogP contribution in [0.3, 0.4) is 0 Å². The fourth-order valence-corrected chi connectivity index (χ4v) is 2.39. The lowest BCUT2D eigenvalue weighted by molar-refractivity contribution is -0.137. The molecule has 0 aliphatic carbocycles. The van der Waals surface area contributed by atoms with Crippen LogP contribution in [0, 0.1) is 6.92 Å². The predicted octanol–water partition coefficient (Wildman–Crippen LogP) is 5.80. The van der Waals surface area contributed by atoms with E-state index in [9.17, 15) is 13.2 Å². The second-order valence-electron chi connectivity index (χ2n) is 5.39. The number of halogens is 4. The summed E-state index contributed by atoms with van der Waals surface area (Å²) >= 11 is 6.15.